The van der Waals surface area contributed by atoms with Gasteiger partial charge in [0.1, 0.15) is 0 Å². The number of halogens is 3. The van der Waals surface area contributed by atoms with Crippen molar-refractivity contribution >= 4 is 17.5 Å². The number of alkyl halides is 3. The Bertz CT molecular complexity index is 1230. The molecule has 0 spiro atoms. The van der Waals surface area contributed by atoms with Crippen molar-refractivity contribution in [2.24, 2.45) is 0 Å². The predicted molar refractivity (Wildman–Crippen MR) is 125 cm³/mol. The Hall–Kier alpha value is -3.66. The molecule has 35 heavy (non-hydrogen) atoms. The number of aryl methyl sites for hydroxylation is 1. The Morgan fingerprint density at radius 2 is 1.80 bits per heavy atom. The summed E-state index contributed by atoms with van der Waals surface area (Å²) in [7, 11) is 0. The third-order valence-electron chi connectivity index (χ3n) is 5.93. The third-order valence-corrected chi connectivity index (χ3v) is 5.93. The maximum atomic E-state index is 13.5. The van der Waals surface area contributed by atoms with Crippen LogP contribution in [-0.4, -0.2) is 57.3 Å². The zero-order valence-corrected chi connectivity index (χ0v) is 19.5. The number of nitrogens with one attached hydrogen (secondary N) is 1. The Morgan fingerprint density at radius 1 is 1.06 bits per heavy atom. The van der Waals surface area contributed by atoms with Crippen LogP contribution in [0.5, 0.6) is 0 Å². The van der Waals surface area contributed by atoms with E-state index in [2.05, 4.69) is 15.2 Å². The number of piperazine rings is 1. The van der Waals surface area contributed by atoms with Gasteiger partial charge in [0.15, 0.2) is 0 Å². The SMILES string of the molecule is CC(=O)N1CCN(Cc2cccc(C(=O)Nc3cc(-n4cnc(C)c4)cc(C(F)(F)F)c3)c2)CC1. The largest absolute Gasteiger partial charge is 0.416 e. The fourth-order valence-corrected chi connectivity index (χ4v) is 4.05. The van der Waals surface area contributed by atoms with E-state index in [1.54, 1.807) is 43.1 Å². The molecule has 4 rings (SSSR count). The molecule has 0 atom stereocenters. The topological polar surface area (TPSA) is 70.5 Å². The third kappa shape index (κ3) is 6.07. The summed E-state index contributed by atoms with van der Waals surface area (Å²) in [6, 6.07) is 10.4. The molecule has 1 saturated heterocycles. The molecule has 10 heteroatoms. The van der Waals surface area contributed by atoms with Crippen molar-refractivity contribution in [3.63, 3.8) is 0 Å². The normalized spacial score (nSPS) is 14.7. The molecule has 0 unspecified atom stereocenters. The summed E-state index contributed by atoms with van der Waals surface area (Å²) < 4.78 is 42.0. The maximum absolute atomic E-state index is 13.5. The highest BCUT2D eigenvalue weighted by atomic mass is 19.4. The lowest BCUT2D eigenvalue weighted by Crippen LogP contribution is -2.47. The minimum atomic E-state index is -4.57. The molecule has 2 aromatic carbocycles. The Balaban J connectivity index is 1.50. The number of amides is 2. The van der Waals surface area contributed by atoms with Crippen molar-refractivity contribution in [3.8, 4) is 5.69 Å². The van der Waals surface area contributed by atoms with Crippen molar-refractivity contribution in [2.45, 2.75) is 26.6 Å². The molecule has 3 aromatic rings. The van der Waals surface area contributed by atoms with Crippen molar-refractivity contribution in [3.05, 3.63) is 77.4 Å². The van der Waals surface area contributed by atoms with E-state index in [0.717, 1.165) is 30.8 Å². The first-order chi connectivity index (χ1) is 16.6. The van der Waals surface area contributed by atoms with Crippen LogP contribution < -0.4 is 5.32 Å². The minimum absolute atomic E-state index is 0.0388. The zero-order chi connectivity index (χ0) is 25.2. The minimum Gasteiger partial charge on any atom is -0.340 e. The zero-order valence-electron chi connectivity index (χ0n) is 19.5. The van der Waals surface area contributed by atoms with E-state index in [0.29, 0.717) is 30.9 Å². The van der Waals surface area contributed by atoms with Gasteiger partial charge in [-0.2, -0.15) is 13.2 Å². The van der Waals surface area contributed by atoms with Gasteiger partial charge in [0.2, 0.25) is 5.91 Å². The highest BCUT2D eigenvalue weighted by Crippen LogP contribution is 2.33. The van der Waals surface area contributed by atoms with E-state index in [4.69, 9.17) is 0 Å². The molecule has 2 amide bonds. The standard InChI is InChI=1S/C25H26F3N5O2/c1-17-14-33(16-29-17)23-12-21(25(26,27)28)11-22(13-23)30-24(35)20-5-3-4-19(10-20)15-31-6-8-32(9-7-31)18(2)34/h3-5,10-14,16H,6-9,15H2,1-2H3,(H,30,35). The molecule has 1 aromatic heterocycles. The van der Waals surface area contributed by atoms with Gasteiger partial charge in [-0.05, 0) is 42.8 Å². The first-order valence-corrected chi connectivity index (χ1v) is 11.2. The van der Waals surface area contributed by atoms with Gasteiger partial charge in [-0.15, -0.1) is 0 Å². The molecular formula is C25H26F3N5O2. The fraction of sp³-hybridized carbons (Fsp3) is 0.320. The monoisotopic (exact) mass is 485 g/mol. The van der Waals surface area contributed by atoms with Gasteiger partial charge < -0.3 is 14.8 Å². The van der Waals surface area contributed by atoms with Gasteiger partial charge in [-0.25, -0.2) is 4.98 Å². The summed E-state index contributed by atoms with van der Waals surface area (Å²) in [5, 5.41) is 2.61. The van der Waals surface area contributed by atoms with Crippen LogP contribution in [0.2, 0.25) is 0 Å². The van der Waals surface area contributed by atoms with Crippen molar-refractivity contribution in [1.29, 1.82) is 0 Å². The smallest absolute Gasteiger partial charge is 0.340 e. The molecule has 0 aliphatic carbocycles. The number of imidazole rings is 1. The van der Waals surface area contributed by atoms with Crippen molar-refractivity contribution in [2.75, 3.05) is 31.5 Å². The summed E-state index contributed by atoms with van der Waals surface area (Å²) in [4.78, 5) is 32.5. The summed E-state index contributed by atoms with van der Waals surface area (Å²) in [5.74, 6) is -0.440. The van der Waals surface area contributed by atoms with Crippen LogP contribution in [0.1, 0.15) is 34.1 Å². The molecule has 7 nitrogen and oxygen atoms in total. The number of carbonyl (C=O) groups excluding carboxylic acids is 2. The van der Waals surface area contributed by atoms with E-state index in [9.17, 15) is 22.8 Å². The van der Waals surface area contributed by atoms with Crippen LogP contribution in [0.3, 0.4) is 0 Å². The number of anilines is 1. The molecule has 0 bridgehead atoms. The highest BCUT2D eigenvalue weighted by molar-refractivity contribution is 6.04. The number of nitrogens with zero attached hydrogens (tertiary/aromatic N) is 4. The highest BCUT2D eigenvalue weighted by Gasteiger charge is 2.31. The van der Waals surface area contributed by atoms with Crippen molar-refractivity contribution in [1.82, 2.24) is 19.4 Å². The fourth-order valence-electron chi connectivity index (χ4n) is 4.05. The van der Waals surface area contributed by atoms with Crippen LogP contribution >= 0.6 is 0 Å². The first-order valence-electron chi connectivity index (χ1n) is 11.2. The molecule has 1 aliphatic heterocycles. The van der Waals surface area contributed by atoms with E-state index in [-0.39, 0.29) is 17.3 Å². The average molecular weight is 486 g/mol. The lowest BCUT2D eigenvalue weighted by Gasteiger charge is -2.34. The van der Waals surface area contributed by atoms with Crippen LogP contribution in [0.4, 0.5) is 18.9 Å². The Morgan fingerprint density at radius 3 is 2.43 bits per heavy atom. The molecule has 1 N–H and O–H groups in total. The quantitative estimate of drug-likeness (QED) is 0.591. The van der Waals surface area contributed by atoms with Gasteiger partial charge >= 0.3 is 6.18 Å². The van der Waals surface area contributed by atoms with Crippen LogP contribution in [-0.2, 0) is 17.5 Å². The summed E-state index contributed by atoms with van der Waals surface area (Å²) in [6.07, 6.45) is -1.53. The van der Waals surface area contributed by atoms with Crippen LogP contribution in [0.15, 0.2) is 55.0 Å². The lowest BCUT2D eigenvalue weighted by molar-refractivity contribution is -0.137. The lowest BCUT2D eigenvalue weighted by atomic mass is 10.1. The molecule has 1 aliphatic rings. The summed E-state index contributed by atoms with van der Waals surface area (Å²) in [5.41, 5.74) is 1.34. The number of rotatable bonds is 5. The Kier molecular flexibility index (Phi) is 6.93. The van der Waals surface area contributed by atoms with Gasteiger partial charge in [0.05, 0.1) is 17.6 Å². The molecule has 1 fully saturated rings. The maximum Gasteiger partial charge on any atom is 0.416 e. The number of carbonyl (C=O) groups is 2. The number of hydrogen-bond donors (Lipinski definition) is 1. The van der Waals surface area contributed by atoms with Gasteiger partial charge in [0, 0.05) is 62.8 Å². The summed E-state index contributed by atoms with van der Waals surface area (Å²) in [6.45, 7) is 6.69. The second-order valence-corrected chi connectivity index (χ2v) is 8.63. The van der Waals surface area contributed by atoms with Crippen LogP contribution in [0, 0.1) is 6.92 Å². The predicted octanol–water partition coefficient (Wildman–Crippen LogP) is 4.12. The number of hydrogen-bond acceptors (Lipinski definition) is 4. The second-order valence-electron chi connectivity index (χ2n) is 8.63. The van der Waals surface area contributed by atoms with E-state index in [1.165, 1.54) is 17.0 Å². The van der Waals surface area contributed by atoms with Gasteiger partial charge in [-0.1, -0.05) is 12.1 Å². The molecule has 2 heterocycles. The number of benzene rings is 2. The molecule has 0 radical (unpaired) electrons. The second kappa shape index (κ2) is 9.91. The average Bonchev–Trinajstić information content (AvgIpc) is 3.25. The Labute approximate surface area is 201 Å². The van der Waals surface area contributed by atoms with Gasteiger partial charge in [0.25, 0.3) is 5.91 Å². The van der Waals surface area contributed by atoms with E-state index >= 15 is 0 Å². The molecule has 0 saturated carbocycles. The van der Waals surface area contributed by atoms with Gasteiger partial charge in [-0.3, -0.25) is 14.5 Å². The van der Waals surface area contributed by atoms with Crippen molar-refractivity contribution < 1.29 is 22.8 Å². The molecule has 184 valence electrons. The molecular weight excluding hydrogens is 459 g/mol. The first kappa shape index (κ1) is 24.5. The van der Waals surface area contributed by atoms with E-state index < -0.39 is 17.6 Å². The number of aromatic nitrogens is 2. The van der Waals surface area contributed by atoms with E-state index in [1.807, 2.05) is 6.07 Å². The van der Waals surface area contributed by atoms with Crippen LogP contribution in [0.25, 0.3) is 5.69 Å². The summed E-state index contributed by atoms with van der Waals surface area (Å²) >= 11 is 0.